The highest BCUT2D eigenvalue weighted by molar-refractivity contribution is 9.21. The van der Waals surface area contributed by atoms with E-state index in [-0.39, 0.29) is 11.9 Å². The summed E-state index contributed by atoms with van der Waals surface area (Å²) in [5.41, 5.74) is 11.8. The Balaban J connectivity index is 2.82. The van der Waals surface area contributed by atoms with Crippen molar-refractivity contribution >= 4 is 49.9 Å². The normalized spacial score (nSPS) is 12.7. The fourth-order valence-corrected chi connectivity index (χ4v) is 0.974. The first-order valence-corrected chi connectivity index (χ1v) is 5.36. The van der Waals surface area contributed by atoms with E-state index in [9.17, 15) is 0 Å². The summed E-state index contributed by atoms with van der Waals surface area (Å²) >= 11 is 6.07. The molecule has 0 aromatic heterocycles. The van der Waals surface area contributed by atoms with Crippen molar-refractivity contribution in [2.24, 2.45) is 21.5 Å². The van der Waals surface area contributed by atoms with Crippen LogP contribution < -0.4 is 11.5 Å². The van der Waals surface area contributed by atoms with Crippen molar-refractivity contribution in [1.29, 1.82) is 0 Å². The zero-order chi connectivity index (χ0) is 11.3. The van der Waals surface area contributed by atoms with Gasteiger partial charge in [-0.15, -0.1) is 0 Å². The minimum atomic E-state index is 0.0857. The van der Waals surface area contributed by atoms with Crippen LogP contribution in [-0.4, -0.2) is 14.9 Å². The lowest BCUT2D eigenvalue weighted by molar-refractivity contribution is 1.16. The number of hydrogen-bond donors (Lipinski definition) is 2. The molecule has 4 N–H and O–H groups in total. The van der Waals surface area contributed by atoms with Crippen molar-refractivity contribution in [2.75, 3.05) is 0 Å². The fraction of sp³-hybridized carbons (Fsp3) is 0. The smallest absolute Gasteiger partial charge is 0.223 e. The molecule has 1 aromatic carbocycles. The number of para-hydroxylation sites is 1. The van der Waals surface area contributed by atoms with E-state index in [1.54, 1.807) is 0 Å². The van der Waals surface area contributed by atoms with Crippen LogP contribution in [0.5, 0.6) is 0 Å². The van der Waals surface area contributed by atoms with E-state index in [2.05, 4.69) is 42.3 Å². The molecule has 0 saturated heterocycles. The van der Waals surface area contributed by atoms with Crippen LogP contribution in [0.25, 0.3) is 0 Å². The minimum Gasteiger partial charge on any atom is -0.368 e. The van der Waals surface area contributed by atoms with Gasteiger partial charge in [0, 0.05) is 0 Å². The Morgan fingerprint density at radius 1 is 1.13 bits per heavy atom. The number of hydrogen-bond acceptors (Lipinski definition) is 1. The third-order valence-electron chi connectivity index (χ3n) is 1.40. The third-order valence-corrected chi connectivity index (χ3v) is 2.13. The molecule has 0 bridgehead atoms. The minimum absolute atomic E-state index is 0.0857. The first-order valence-electron chi connectivity index (χ1n) is 3.94. The molecular weight excluding hydrogens is 326 g/mol. The molecule has 0 radical (unpaired) electrons. The predicted octanol–water partition coefficient (Wildman–Crippen LogP) is 1.87. The zero-order valence-corrected chi connectivity index (χ0v) is 10.8. The van der Waals surface area contributed by atoms with Gasteiger partial charge in [-0.2, -0.15) is 4.99 Å². The van der Waals surface area contributed by atoms with Crippen molar-refractivity contribution in [3.8, 4) is 0 Å². The molecule has 0 amide bonds. The van der Waals surface area contributed by atoms with Gasteiger partial charge in [-0.3, -0.25) is 0 Å². The van der Waals surface area contributed by atoms with Gasteiger partial charge in [0.25, 0.3) is 0 Å². The van der Waals surface area contributed by atoms with Gasteiger partial charge in [0.1, 0.15) is 0 Å². The van der Waals surface area contributed by atoms with Gasteiger partial charge in [0.2, 0.25) is 11.9 Å². The lowest BCUT2D eigenvalue weighted by Gasteiger charge is -2.03. The van der Waals surface area contributed by atoms with E-state index < -0.39 is 0 Å². The van der Waals surface area contributed by atoms with Crippen LogP contribution in [-0.2, 0) is 0 Å². The molecule has 0 heterocycles. The van der Waals surface area contributed by atoms with E-state index in [0.717, 1.165) is 5.69 Å². The van der Waals surface area contributed by atoms with E-state index in [1.165, 1.54) is 2.95 Å². The van der Waals surface area contributed by atoms with E-state index in [1.807, 2.05) is 30.3 Å². The molecule has 0 aliphatic rings. The molecule has 0 aliphatic heterocycles. The van der Waals surface area contributed by atoms with Crippen molar-refractivity contribution < 1.29 is 0 Å². The van der Waals surface area contributed by atoms with Crippen molar-refractivity contribution in [1.82, 2.24) is 2.95 Å². The molecule has 0 saturated carbocycles. The highest BCUT2D eigenvalue weighted by atomic mass is 79.9. The van der Waals surface area contributed by atoms with Crippen molar-refractivity contribution in [3.63, 3.8) is 0 Å². The fourth-order valence-electron chi connectivity index (χ4n) is 0.815. The van der Waals surface area contributed by atoms with Crippen LogP contribution in [0.2, 0.25) is 0 Å². The molecule has 5 nitrogen and oxygen atoms in total. The summed E-state index contributed by atoms with van der Waals surface area (Å²) in [6.45, 7) is 0. The van der Waals surface area contributed by atoms with Crippen molar-refractivity contribution in [3.05, 3.63) is 30.3 Å². The Morgan fingerprint density at radius 3 is 2.27 bits per heavy atom. The number of guanidine groups is 2. The van der Waals surface area contributed by atoms with E-state index >= 15 is 0 Å². The molecule has 15 heavy (non-hydrogen) atoms. The van der Waals surface area contributed by atoms with Crippen LogP contribution >= 0.6 is 32.3 Å². The molecule has 1 rings (SSSR count). The summed E-state index contributed by atoms with van der Waals surface area (Å²) in [4.78, 5) is 7.87. The maximum absolute atomic E-state index is 5.56. The first kappa shape index (κ1) is 12.0. The number of halogens is 2. The summed E-state index contributed by atoms with van der Waals surface area (Å²) in [6.07, 6.45) is 0. The molecule has 0 unspecified atom stereocenters. The molecular formula is C8H9Br2N5. The predicted molar refractivity (Wildman–Crippen MR) is 69.0 cm³/mol. The Morgan fingerprint density at radius 2 is 1.73 bits per heavy atom. The van der Waals surface area contributed by atoms with E-state index in [4.69, 9.17) is 11.5 Å². The second-order valence-electron chi connectivity index (χ2n) is 2.51. The number of rotatable bonds is 1. The second-order valence-corrected chi connectivity index (χ2v) is 4.88. The summed E-state index contributed by atoms with van der Waals surface area (Å²) in [5, 5.41) is 0. The Bertz CT molecular complexity index is 374. The van der Waals surface area contributed by atoms with Gasteiger partial charge < -0.3 is 11.5 Å². The quantitative estimate of drug-likeness (QED) is 0.467. The highest BCUT2D eigenvalue weighted by Gasteiger charge is 1.99. The molecule has 7 heteroatoms. The summed E-state index contributed by atoms with van der Waals surface area (Å²) in [5.74, 6) is 0.245. The molecule has 80 valence electrons. The average molecular weight is 335 g/mol. The molecule has 0 fully saturated rings. The largest absolute Gasteiger partial charge is 0.368 e. The zero-order valence-electron chi connectivity index (χ0n) is 7.64. The van der Waals surface area contributed by atoms with Gasteiger partial charge in [-0.05, 0) is 12.1 Å². The first-order chi connectivity index (χ1) is 7.09. The van der Waals surface area contributed by atoms with Crippen molar-refractivity contribution in [2.45, 2.75) is 0 Å². The monoisotopic (exact) mass is 333 g/mol. The maximum Gasteiger partial charge on any atom is 0.223 e. The van der Waals surface area contributed by atoms with Gasteiger partial charge in [-0.25, -0.2) is 7.94 Å². The summed E-state index contributed by atoms with van der Waals surface area (Å²) in [7, 11) is 0. The molecule has 1 aromatic rings. The van der Waals surface area contributed by atoms with Crippen LogP contribution in [0.1, 0.15) is 0 Å². The highest BCUT2D eigenvalue weighted by Crippen LogP contribution is 2.10. The summed E-state index contributed by atoms with van der Waals surface area (Å²) in [6, 6.07) is 9.25. The van der Waals surface area contributed by atoms with Gasteiger partial charge in [0.05, 0.1) is 38.0 Å². The third kappa shape index (κ3) is 4.30. The number of aliphatic imine (C=N–C) groups is 2. The number of nitrogens with two attached hydrogens (primary N) is 2. The maximum atomic E-state index is 5.56. The lowest BCUT2D eigenvalue weighted by atomic mass is 10.3. The van der Waals surface area contributed by atoms with Crippen LogP contribution in [0, 0.1) is 0 Å². The summed E-state index contributed by atoms with van der Waals surface area (Å²) < 4.78 is 1.29. The lowest BCUT2D eigenvalue weighted by Crippen LogP contribution is -2.25. The SMILES string of the molecule is NC(=Nc1ccccc1)N=C(N)N(Br)Br. The second kappa shape index (κ2) is 5.72. The van der Waals surface area contributed by atoms with Gasteiger partial charge in [0.15, 0.2) is 0 Å². The Hall–Kier alpha value is -1.08. The average Bonchev–Trinajstić information content (AvgIpc) is 2.18. The van der Waals surface area contributed by atoms with Gasteiger partial charge in [-0.1, -0.05) is 18.2 Å². The van der Waals surface area contributed by atoms with Gasteiger partial charge >= 0.3 is 0 Å². The van der Waals surface area contributed by atoms with Crippen LogP contribution in [0.4, 0.5) is 5.69 Å². The number of nitrogens with zero attached hydrogens (tertiary/aromatic N) is 3. The Kier molecular flexibility index (Phi) is 4.57. The molecule has 0 aliphatic carbocycles. The van der Waals surface area contributed by atoms with Crippen LogP contribution in [0.3, 0.4) is 0 Å². The molecule has 0 spiro atoms. The van der Waals surface area contributed by atoms with Crippen LogP contribution in [0.15, 0.2) is 40.3 Å². The standard InChI is InChI=1S/C8H9Br2N5/c9-15(10)8(12)14-7(11)13-6-4-2-1-3-5-6/h1-5H,(H4,11,12,13,14). The number of benzene rings is 1. The Labute approximate surface area is 105 Å². The molecule has 0 atom stereocenters. The van der Waals surface area contributed by atoms with E-state index in [0.29, 0.717) is 0 Å². The topological polar surface area (TPSA) is 80.0 Å².